The van der Waals surface area contributed by atoms with E-state index >= 15 is 0 Å². The van der Waals surface area contributed by atoms with Crippen LogP contribution in [0.5, 0.6) is 0 Å². The maximum atomic E-state index is 2.36. The van der Waals surface area contributed by atoms with Crippen molar-refractivity contribution in [2.45, 2.75) is 20.8 Å². The third kappa shape index (κ3) is 4.25. The lowest BCUT2D eigenvalue weighted by atomic mass is 10.1. The molecule has 1 aromatic rings. The number of likely N-dealkylation sites (N-methyl/N-ethyl adjacent to an activating group) is 1. The fraction of sp³-hybridized carbons (Fsp3) is 0.368. The maximum Gasteiger partial charge on any atom is 0.0366 e. The van der Waals surface area contributed by atoms with Gasteiger partial charge in [0.25, 0.3) is 0 Å². The summed E-state index contributed by atoms with van der Waals surface area (Å²) in [6, 6.07) is 8.79. The summed E-state index contributed by atoms with van der Waals surface area (Å²) in [6.45, 7) is 10.7. The Balaban J connectivity index is 1.99. The second-order valence-electron chi connectivity index (χ2n) is 5.20. The molecule has 0 N–H and O–H groups in total. The molecule has 0 saturated carbocycles. The highest BCUT2D eigenvalue weighted by Gasteiger charge is 2.01. The van der Waals surface area contributed by atoms with Gasteiger partial charge in [0.15, 0.2) is 0 Å². The predicted octanol–water partition coefficient (Wildman–Crippen LogP) is 4.32. The molecular formula is C19H26N2. The molecule has 1 aromatic carbocycles. The Morgan fingerprint density at radius 2 is 1.76 bits per heavy atom. The minimum Gasteiger partial charge on any atom is -0.374 e. The Kier molecular flexibility index (Phi) is 5.68. The molecule has 21 heavy (non-hydrogen) atoms. The van der Waals surface area contributed by atoms with Crippen LogP contribution in [0.4, 0.5) is 5.69 Å². The van der Waals surface area contributed by atoms with E-state index in [4.69, 9.17) is 0 Å². The molecule has 0 radical (unpaired) electrons. The molecule has 1 heterocycles. The molecule has 2 heteroatoms. The Morgan fingerprint density at radius 3 is 2.29 bits per heavy atom. The average molecular weight is 282 g/mol. The first-order valence-corrected chi connectivity index (χ1v) is 7.92. The van der Waals surface area contributed by atoms with Crippen LogP contribution in [0.3, 0.4) is 0 Å². The molecule has 0 aliphatic carbocycles. The predicted molar refractivity (Wildman–Crippen MR) is 93.5 cm³/mol. The van der Waals surface area contributed by atoms with Crippen molar-refractivity contribution in [3.8, 4) is 0 Å². The van der Waals surface area contributed by atoms with Crippen LogP contribution in [0.1, 0.15) is 26.3 Å². The third-order valence-corrected chi connectivity index (χ3v) is 3.94. The highest BCUT2D eigenvalue weighted by Crippen LogP contribution is 2.17. The smallest absolute Gasteiger partial charge is 0.0366 e. The minimum absolute atomic E-state index is 1.01. The molecule has 0 spiro atoms. The first-order valence-electron chi connectivity index (χ1n) is 7.92. The molecule has 1 aliphatic heterocycles. The summed E-state index contributed by atoms with van der Waals surface area (Å²) in [7, 11) is 0. The normalized spacial score (nSPS) is 14.6. The van der Waals surface area contributed by atoms with Gasteiger partial charge in [-0.05, 0) is 56.3 Å². The fourth-order valence-corrected chi connectivity index (χ4v) is 2.48. The first-order chi connectivity index (χ1) is 10.3. The maximum absolute atomic E-state index is 2.36. The summed E-state index contributed by atoms with van der Waals surface area (Å²) >= 11 is 0. The molecule has 112 valence electrons. The lowest BCUT2D eigenvalue weighted by Crippen LogP contribution is -2.21. The van der Waals surface area contributed by atoms with Crippen LogP contribution in [-0.2, 0) is 0 Å². The van der Waals surface area contributed by atoms with Gasteiger partial charge in [-0.25, -0.2) is 0 Å². The van der Waals surface area contributed by atoms with Crippen molar-refractivity contribution in [1.82, 2.24) is 4.90 Å². The van der Waals surface area contributed by atoms with Gasteiger partial charge in [0.2, 0.25) is 0 Å². The number of rotatable bonds is 6. The highest BCUT2D eigenvalue weighted by molar-refractivity contribution is 5.59. The molecule has 0 amide bonds. The van der Waals surface area contributed by atoms with Crippen LogP contribution >= 0.6 is 0 Å². The average Bonchev–Trinajstić information content (AvgIpc) is 2.55. The van der Waals surface area contributed by atoms with Gasteiger partial charge in [-0.2, -0.15) is 0 Å². The quantitative estimate of drug-likeness (QED) is 0.766. The zero-order valence-corrected chi connectivity index (χ0v) is 13.4. The molecule has 1 aliphatic rings. The fourth-order valence-electron chi connectivity index (χ4n) is 2.48. The summed E-state index contributed by atoms with van der Waals surface area (Å²) in [5.41, 5.74) is 3.83. The Hall–Kier alpha value is -1.96. The summed E-state index contributed by atoms with van der Waals surface area (Å²) < 4.78 is 0. The highest BCUT2D eigenvalue weighted by atomic mass is 15.1. The lowest BCUT2D eigenvalue weighted by Gasteiger charge is -2.21. The van der Waals surface area contributed by atoms with E-state index in [1.807, 2.05) is 0 Å². The van der Waals surface area contributed by atoms with Crippen LogP contribution in [0.2, 0.25) is 0 Å². The molecule has 2 rings (SSSR count). The van der Waals surface area contributed by atoms with Crippen molar-refractivity contribution in [2.24, 2.45) is 0 Å². The zero-order valence-electron chi connectivity index (χ0n) is 13.4. The molecule has 2 nitrogen and oxygen atoms in total. The topological polar surface area (TPSA) is 6.48 Å². The van der Waals surface area contributed by atoms with Gasteiger partial charge < -0.3 is 9.80 Å². The Labute approximate surface area is 129 Å². The van der Waals surface area contributed by atoms with Crippen LogP contribution in [0, 0.1) is 0 Å². The zero-order chi connectivity index (χ0) is 15.1. The van der Waals surface area contributed by atoms with E-state index in [2.05, 4.69) is 85.3 Å². The third-order valence-electron chi connectivity index (χ3n) is 3.94. The standard InChI is InChI=1S/C19H26N2/c1-4-20-15-13-18(14-16-20)8-7-17-9-11-19(12-10-17)21(5-2)6-3/h7-15H,4-6,16H2,1-3H3. The van der Waals surface area contributed by atoms with Gasteiger partial charge in [-0.3, -0.25) is 0 Å². The van der Waals surface area contributed by atoms with Crippen molar-refractivity contribution < 1.29 is 0 Å². The van der Waals surface area contributed by atoms with E-state index in [9.17, 15) is 0 Å². The largest absolute Gasteiger partial charge is 0.374 e. The Bertz CT molecular complexity index is 519. The van der Waals surface area contributed by atoms with Crippen molar-refractivity contribution in [1.29, 1.82) is 0 Å². The summed E-state index contributed by atoms with van der Waals surface area (Å²) in [4.78, 5) is 4.65. The van der Waals surface area contributed by atoms with E-state index in [0.717, 1.165) is 26.2 Å². The van der Waals surface area contributed by atoms with Gasteiger partial charge in [-0.1, -0.05) is 30.4 Å². The van der Waals surface area contributed by atoms with Crippen molar-refractivity contribution in [3.63, 3.8) is 0 Å². The molecule has 0 atom stereocenters. The van der Waals surface area contributed by atoms with E-state index in [0.29, 0.717) is 0 Å². The number of benzene rings is 1. The van der Waals surface area contributed by atoms with Crippen molar-refractivity contribution >= 4 is 11.8 Å². The van der Waals surface area contributed by atoms with Gasteiger partial charge >= 0.3 is 0 Å². The molecule has 0 bridgehead atoms. The first kappa shape index (κ1) is 15.4. The summed E-state index contributed by atoms with van der Waals surface area (Å²) in [5.74, 6) is 0. The SMILES string of the molecule is CCN1C=CC(C=Cc2ccc(N(CC)CC)cc2)=CC1. The van der Waals surface area contributed by atoms with Gasteiger partial charge in [0.1, 0.15) is 0 Å². The van der Waals surface area contributed by atoms with E-state index in [1.54, 1.807) is 0 Å². The minimum atomic E-state index is 1.01. The molecule has 0 saturated heterocycles. The molecule has 0 aromatic heterocycles. The van der Waals surface area contributed by atoms with Crippen molar-refractivity contribution in [3.05, 3.63) is 59.8 Å². The number of hydrogen-bond donors (Lipinski definition) is 0. The molecule has 0 unspecified atom stereocenters. The van der Waals surface area contributed by atoms with Crippen LogP contribution in [0.25, 0.3) is 6.08 Å². The van der Waals surface area contributed by atoms with Gasteiger partial charge in [0.05, 0.1) is 0 Å². The summed E-state index contributed by atoms with van der Waals surface area (Å²) in [6.07, 6.45) is 11.0. The second kappa shape index (κ2) is 7.72. The Morgan fingerprint density at radius 1 is 1.05 bits per heavy atom. The number of anilines is 1. The van der Waals surface area contributed by atoms with Gasteiger partial charge in [-0.15, -0.1) is 0 Å². The number of hydrogen-bond acceptors (Lipinski definition) is 2. The monoisotopic (exact) mass is 282 g/mol. The number of nitrogens with zero attached hydrogens (tertiary/aromatic N) is 2. The van der Waals surface area contributed by atoms with E-state index in [1.165, 1.54) is 16.8 Å². The van der Waals surface area contributed by atoms with Crippen LogP contribution < -0.4 is 4.90 Å². The van der Waals surface area contributed by atoms with Crippen LogP contribution in [-0.4, -0.2) is 31.1 Å². The number of allylic oxidation sites excluding steroid dienone is 3. The van der Waals surface area contributed by atoms with E-state index < -0.39 is 0 Å². The molecular weight excluding hydrogens is 256 g/mol. The molecule has 0 fully saturated rings. The van der Waals surface area contributed by atoms with Crippen molar-refractivity contribution in [2.75, 3.05) is 31.1 Å². The summed E-state index contributed by atoms with van der Waals surface area (Å²) in [5, 5.41) is 0. The van der Waals surface area contributed by atoms with E-state index in [-0.39, 0.29) is 0 Å². The van der Waals surface area contributed by atoms with Gasteiger partial charge in [0, 0.05) is 31.9 Å². The second-order valence-corrected chi connectivity index (χ2v) is 5.20. The van der Waals surface area contributed by atoms with Crippen LogP contribution in [0.15, 0.2) is 54.3 Å². The lowest BCUT2D eigenvalue weighted by molar-refractivity contribution is 0.434.